The molecule has 0 atom stereocenters. The van der Waals surface area contributed by atoms with E-state index in [9.17, 15) is 0 Å². The molecule has 0 aliphatic rings. The van der Waals surface area contributed by atoms with E-state index in [0.29, 0.717) is 11.4 Å². The molecule has 0 saturated carbocycles. The lowest BCUT2D eigenvalue weighted by Gasteiger charge is -2.05. The molecule has 5 heteroatoms. The summed E-state index contributed by atoms with van der Waals surface area (Å²) in [4.78, 5) is 5.25. The maximum Gasteiger partial charge on any atom is 0.136 e. The van der Waals surface area contributed by atoms with E-state index in [1.54, 1.807) is 18.3 Å². The Morgan fingerprint density at radius 3 is 2.71 bits per heavy atom. The summed E-state index contributed by atoms with van der Waals surface area (Å²) in [6.07, 6.45) is 1.63. The molecule has 4 N–H and O–H groups in total. The van der Waals surface area contributed by atoms with Gasteiger partial charge in [-0.3, -0.25) is 5.41 Å². The molecule has 86 valence electrons. The summed E-state index contributed by atoms with van der Waals surface area (Å²) >= 11 is 1.47. The molecular weight excluding hydrogens is 232 g/mol. The van der Waals surface area contributed by atoms with Crippen molar-refractivity contribution in [1.29, 1.82) is 5.41 Å². The lowest BCUT2D eigenvalue weighted by Crippen LogP contribution is -2.11. The Bertz CT molecular complexity index is 513. The van der Waals surface area contributed by atoms with Gasteiger partial charge >= 0.3 is 0 Å². The minimum atomic E-state index is 0.0418. The number of nitrogens with zero attached hydrogens (tertiary/aromatic N) is 1. The van der Waals surface area contributed by atoms with Gasteiger partial charge < -0.3 is 10.5 Å². The monoisotopic (exact) mass is 244 g/mol. The summed E-state index contributed by atoms with van der Waals surface area (Å²) in [5.41, 5.74) is 6.07. The van der Waals surface area contributed by atoms with Gasteiger partial charge in [0.2, 0.25) is 0 Å². The fourth-order valence-corrected chi connectivity index (χ4v) is 1.88. The number of aromatic nitrogens is 1. The second kappa shape index (κ2) is 5.36. The van der Waals surface area contributed by atoms with Crippen molar-refractivity contribution in [3.63, 3.8) is 0 Å². The Kier molecular flexibility index (Phi) is 3.62. The molecule has 1 aromatic heterocycles. The van der Waals surface area contributed by atoms with Crippen LogP contribution in [0.2, 0.25) is 0 Å². The average Bonchev–Trinajstić information content (AvgIpc) is 2.38. The SMILES string of the molecule is N=C(N)c1ccnc(NSc2ccccc2)c1. The van der Waals surface area contributed by atoms with E-state index < -0.39 is 0 Å². The van der Waals surface area contributed by atoms with E-state index in [-0.39, 0.29) is 5.84 Å². The van der Waals surface area contributed by atoms with Crippen molar-refractivity contribution in [1.82, 2.24) is 4.98 Å². The van der Waals surface area contributed by atoms with Crippen molar-refractivity contribution in [2.24, 2.45) is 5.73 Å². The number of nitrogens with two attached hydrogens (primary N) is 1. The van der Waals surface area contributed by atoms with Crippen molar-refractivity contribution < 1.29 is 0 Å². The lowest BCUT2D eigenvalue weighted by molar-refractivity contribution is 1.31. The minimum absolute atomic E-state index is 0.0418. The summed E-state index contributed by atoms with van der Waals surface area (Å²) in [5.74, 6) is 0.728. The van der Waals surface area contributed by atoms with Crippen molar-refractivity contribution in [3.8, 4) is 0 Å². The van der Waals surface area contributed by atoms with Gasteiger partial charge in [0.15, 0.2) is 0 Å². The van der Waals surface area contributed by atoms with E-state index in [2.05, 4.69) is 9.71 Å². The summed E-state index contributed by atoms with van der Waals surface area (Å²) in [6.45, 7) is 0. The number of hydrogen-bond acceptors (Lipinski definition) is 4. The summed E-state index contributed by atoms with van der Waals surface area (Å²) < 4.78 is 3.11. The van der Waals surface area contributed by atoms with Crippen LogP contribution in [-0.4, -0.2) is 10.8 Å². The highest BCUT2D eigenvalue weighted by Gasteiger charge is 2.00. The van der Waals surface area contributed by atoms with Crippen LogP contribution in [0.5, 0.6) is 0 Å². The molecule has 0 unspecified atom stereocenters. The molecule has 1 aromatic carbocycles. The standard InChI is InChI=1S/C12H12N4S/c13-12(14)9-6-7-15-11(8-9)16-17-10-4-2-1-3-5-10/h1-8H,(H3,13,14)(H,15,16). The first kappa shape index (κ1) is 11.5. The molecule has 0 bridgehead atoms. The molecule has 0 fully saturated rings. The molecule has 2 aromatic rings. The van der Waals surface area contributed by atoms with Crippen LogP contribution in [0.1, 0.15) is 5.56 Å². The fraction of sp³-hybridized carbons (Fsp3) is 0. The van der Waals surface area contributed by atoms with Crippen LogP contribution in [0.3, 0.4) is 0 Å². The molecule has 0 aliphatic heterocycles. The third kappa shape index (κ3) is 3.22. The van der Waals surface area contributed by atoms with Gasteiger partial charge in [0, 0.05) is 16.7 Å². The van der Waals surface area contributed by atoms with Crippen molar-refractivity contribution in [2.75, 3.05) is 4.72 Å². The number of nitrogen functional groups attached to an aromatic ring is 1. The van der Waals surface area contributed by atoms with Gasteiger partial charge in [0.25, 0.3) is 0 Å². The number of rotatable bonds is 4. The zero-order valence-electron chi connectivity index (χ0n) is 9.05. The van der Waals surface area contributed by atoms with Gasteiger partial charge in [-0.05, 0) is 36.2 Å². The van der Waals surface area contributed by atoms with E-state index >= 15 is 0 Å². The Labute approximate surface area is 104 Å². The van der Waals surface area contributed by atoms with Crippen LogP contribution in [0.4, 0.5) is 5.82 Å². The van der Waals surface area contributed by atoms with Gasteiger partial charge in [-0.25, -0.2) is 4.98 Å². The third-order valence-corrected chi connectivity index (χ3v) is 2.91. The summed E-state index contributed by atoms with van der Waals surface area (Å²) in [6, 6.07) is 13.4. The van der Waals surface area contributed by atoms with Gasteiger partial charge in [0.1, 0.15) is 11.7 Å². The maximum absolute atomic E-state index is 7.34. The van der Waals surface area contributed by atoms with Gasteiger partial charge in [-0.1, -0.05) is 18.2 Å². The van der Waals surface area contributed by atoms with Crippen LogP contribution < -0.4 is 10.5 Å². The topological polar surface area (TPSA) is 74.8 Å². The van der Waals surface area contributed by atoms with Crippen LogP contribution >= 0.6 is 11.9 Å². The quantitative estimate of drug-likeness (QED) is 0.439. The highest BCUT2D eigenvalue weighted by Crippen LogP contribution is 2.19. The lowest BCUT2D eigenvalue weighted by atomic mass is 10.2. The molecule has 0 amide bonds. The van der Waals surface area contributed by atoms with Gasteiger partial charge in [-0.15, -0.1) is 0 Å². The molecule has 0 aliphatic carbocycles. The Morgan fingerprint density at radius 2 is 2.00 bits per heavy atom. The summed E-state index contributed by atoms with van der Waals surface area (Å²) in [5, 5.41) is 7.34. The predicted octanol–water partition coefficient (Wildman–Crippen LogP) is 2.48. The average molecular weight is 244 g/mol. The number of hydrogen-bond donors (Lipinski definition) is 3. The number of nitrogens with one attached hydrogen (secondary N) is 2. The Hall–Kier alpha value is -2.01. The molecular formula is C12H12N4S. The van der Waals surface area contributed by atoms with E-state index in [1.807, 2.05) is 30.3 Å². The molecule has 17 heavy (non-hydrogen) atoms. The van der Waals surface area contributed by atoms with E-state index in [4.69, 9.17) is 11.1 Å². The normalized spacial score (nSPS) is 9.88. The molecule has 4 nitrogen and oxygen atoms in total. The maximum atomic E-state index is 7.34. The van der Waals surface area contributed by atoms with Crippen LogP contribution in [0, 0.1) is 5.41 Å². The zero-order chi connectivity index (χ0) is 12.1. The molecule has 2 rings (SSSR count). The second-order valence-electron chi connectivity index (χ2n) is 3.36. The smallest absolute Gasteiger partial charge is 0.136 e. The highest BCUT2D eigenvalue weighted by molar-refractivity contribution is 8.00. The second-order valence-corrected chi connectivity index (χ2v) is 4.24. The largest absolute Gasteiger partial charge is 0.384 e. The number of anilines is 1. The highest BCUT2D eigenvalue weighted by atomic mass is 32.2. The molecule has 0 saturated heterocycles. The Morgan fingerprint density at radius 1 is 1.24 bits per heavy atom. The van der Waals surface area contributed by atoms with Crippen LogP contribution in [0.25, 0.3) is 0 Å². The van der Waals surface area contributed by atoms with Gasteiger partial charge in [0.05, 0.1) is 0 Å². The van der Waals surface area contributed by atoms with Gasteiger partial charge in [-0.2, -0.15) is 0 Å². The first-order valence-electron chi connectivity index (χ1n) is 5.04. The minimum Gasteiger partial charge on any atom is -0.384 e. The Balaban J connectivity index is 2.04. The molecule has 0 radical (unpaired) electrons. The first-order valence-corrected chi connectivity index (χ1v) is 5.86. The molecule has 0 spiro atoms. The van der Waals surface area contributed by atoms with Crippen molar-refractivity contribution >= 4 is 23.6 Å². The van der Waals surface area contributed by atoms with E-state index in [0.717, 1.165) is 4.90 Å². The number of amidine groups is 1. The van der Waals surface area contributed by atoms with E-state index in [1.165, 1.54) is 11.9 Å². The number of benzene rings is 1. The van der Waals surface area contributed by atoms with Crippen molar-refractivity contribution in [2.45, 2.75) is 4.90 Å². The predicted molar refractivity (Wildman–Crippen MR) is 71.2 cm³/mol. The zero-order valence-corrected chi connectivity index (χ0v) is 9.87. The summed E-state index contributed by atoms with van der Waals surface area (Å²) in [7, 11) is 0. The third-order valence-electron chi connectivity index (χ3n) is 2.09. The van der Waals surface area contributed by atoms with Crippen LogP contribution in [0.15, 0.2) is 53.6 Å². The van der Waals surface area contributed by atoms with Crippen LogP contribution in [-0.2, 0) is 0 Å². The first-order chi connectivity index (χ1) is 8.25. The fourth-order valence-electron chi connectivity index (χ4n) is 1.25. The van der Waals surface area contributed by atoms with Crippen molar-refractivity contribution in [3.05, 3.63) is 54.2 Å². The molecule has 1 heterocycles. The number of pyridine rings is 1.